The second-order valence-electron chi connectivity index (χ2n) is 4.70. The third kappa shape index (κ3) is 1.90. The summed E-state index contributed by atoms with van der Waals surface area (Å²) in [6, 6.07) is 0. The van der Waals surface area contributed by atoms with Gasteiger partial charge < -0.3 is 0 Å². The maximum absolute atomic E-state index is 12.0. The van der Waals surface area contributed by atoms with E-state index in [-0.39, 0.29) is 17.0 Å². The van der Waals surface area contributed by atoms with E-state index in [1.54, 1.807) is 0 Å². The van der Waals surface area contributed by atoms with Gasteiger partial charge in [-0.3, -0.25) is 0 Å². The van der Waals surface area contributed by atoms with Crippen molar-refractivity contribution in [3.05, 3.63) is 12.7 Å². The number of aliphatic hydroxyl groups excluding tert-OH is 3. The predicted molar refractivity (Wildman–Crippen MR) is 70.3 cm³/mol. The maximum atomic E-state index is 12.0. The van der Waals surface area contributed by atoms with E-state index < -0.39 is 43.7 Å². The SMILES string of the molecule is Nc1ncnc2c1ncn2[C@]1([Se](=O)O)O[C@H](CO)[C@@H](O)[C@H]1O. The number of rotatable bonds is 3. The van der Waals surface area contributed by atoms with Crippen LogP contribution in [-0.4, -0.2) is 78.1 Å². The molecule has 0 aromatic carbocycles. The van der Waals surface area contributed by atoms with Crippen LogP contribution in [0, 0.1) is 0 Å². The summed E-state index contributed by atoms with van der Waals surface area (Å²) in [4.78, 5) is 11.6. The molecule has 22 heavy (non-hydrogen) atoms. The van der Waals surface area contributed by atoms with Gasteiger partial charge in [-0.05, 0) is 0 Å². The van der Waals surface area contributed by atoms with Crippen molar-refractivity contribution in [2.45, 2.75) is 22.9 Å². The predicted octanol–water partition coefficient (Wildman–Crippen LogP) is -3.38. The van der Waals surface area contributed by atoms with E-state index in [0.29, 0.717) is 0 Å². The van der Waals surface area contributed by atoms with Gasteiger partial charge in [0.25, 0.3) is 0 Å². The standard InChI is InChI=1S/C10H13N5O6Se/c11-8-5-9(13-2-12-8)15(3-14-5)10(22(19)20)7(18)6(17)4(1-16)21-10/h2-4,6-7,16-18H,1H2,(H,19,20)(H2,11,12,13)/t4-,6-,7-,10+/m1/s1. The summed E-state index contributed by atoms with van der Waals surface area (Å²) in [5, 5.41) is 29.3. The molecule has 0 spiro atoms. The fraction of sp³-hybridized carbons (Fsp3) is 0.500. The van der Waals surface area contributed by atoms with Crippen molar-refractivity contribution in [3.63, 3.8) is 0 Å². The van der Waals surface area contributed by atoms with Crippen LogP contribution in [0.15, 0.2) is 12.7 Å². The average molecular weight is 378 g/mol. The van der Waals surface area contributed by atoms with Crippen LogP contribution in [0.1, 0.15) is 0 Å². The normalized spacial score (nSPS) is 33.4. The number of hydrogen-bond donors (Lipinski definition) is 5. The van der Waals surface area contributed by atoms with Crippen LogP contribution in [0.3, 0.4) is 0 Å². The number of nitrogens with zero attached hydrogens (tertiary/aromatic N) is 4. The molecule has 11 nitrogen and oxygen atoms in total. The van der Waals surface area contributed by atoms with Gasteiger partial charge in [0.1, 0.15) is 0 Å². The molecule has 1 aliphatic heterocycles. The summed E-state index contributed by atoms with van der Waals surface area (Å²) < 4.78 is 26.0. The Kier molecular flexibility index (Phi) is 3.69. The number of hydrogen-bond acceptors (Lipinski definition) is 9. The molecule has 120 valence electrons. The van der Waals surface area contributed by atoms with Crippen molar-refractivity contribution in [3.8, 4) is 0 Å². The summed E-state index contributed by atoms with van der Waals surface area (Å²) >= 11 is -3.84. The Morgan fingerprint density at radius 2 is 2.14 bits per heavy atom. The zero-order chi connectivity index (χ0) is 16.1. The Bertz CT molecular complexity index is 740. The number of aliphatic hydroxyl groups is 3. The Morgan fingerprint density at radius 1 is 1.41 bits per heavy atom. The molecule has 2 aromatic heterocycles. The van der Waals surface area contributed by atoms with E-state index in [9.17, 15) is 23.3 Å². The van der Waals surface area contributed by atoms with Gasteiger partial charge in [0.05, 0.1) is 0 Å². The molecular weight excluding hydrogens is 365 g/mol. The number of anilines is 1. The van der Waals surface area contributed by atoms with Crippen molar-refractivity contribution < 1.29 is 28.1 Å². The first-order chi connectivity index (χ1) is 10.4. The van der Waals surface area contributed by atoms with E-state index in [2.05, 4.69) is 15.0 Å². The molecule has 0 aliphatic carbocycles. The van der Waals surface area contributed by atoms with E-state index in [1.165, 1.54) is 0 Å². The quantitative estimate of drug-likeness (QED) is 0.339. The van der Waals surface area contributed by atoms with Crippen LogP contribution >= 0.6 is 0 Å². The minimum atomic E-state index is -3.84. The zero-order valence-corrected chi connectivity index (χ0v) is 12.7. The van der Waals surface area contributed by atoms with Gasteiger partial charge in [-0.15, -0.1) is 0 Å². The third-order valence-electron chi connectivity index (χ3n) is 3.53. The van der Waals surface area contributed by atoms with Gasteiger partial charge in [0.2, 0.25) is 0 Å². The molecule has 1 saturated heterocycles. The number of ether oxygens (including phenoxy) is 1. The fourth-order valence-electron chi connectivity index (χ4n) is 2.43. The molecule has 5 atom stereocenters. The molecule has 3 heterocycles. The second kappa shape index (κ2) is 5.28. The molecule has 0 radical (unpaired) electrons. The van der Waals surface area contributed by atoms with Crippen LogP contribution in [0.25, 0.3) is 11.2 Å². The molecule has 0 bridgehead atoms. The molecular formula is C10H13N5O6Se. The summed E-state index contributed by atoms with van der Waals surface area (Å²) in [6.07, 6.45) is -2.28. The number of imidazole rings is 1. The minimum absolute atomic E-state index is 0.0473. The van der Waals surface area contributed by atoms with E-state index >= 15 is 0 Å². The number of aromatic nitrogens is 4. The number of nitrogen functional groups attached to an aromatic ring is 1. The Hall–Kier alpha value is -1.53. The van der Waals surface area contributed by atoms with Crippen molar-refractivity contribution in [1.29, 1.82) is 0 Å². The molecule has 1 fully saturated rings. The van der Waals surface area contributed by atoms with Crippen molar-refractivity contribution >= 4 is 31.1 Å². The summed E-state index contributed by atoms with van der Waals surface area (Å²) in [6.45, 7) is -0.636. The average Bonchev–Trinajstić information content (AvgIpc) is 3.02. The Balaban J connectivity index is 2.24. The monoisotopic (exact) mass is 379 g/mol. The van der Waals surface area contributed by atoms with Gasteiger partial charge in [0, 0.05) is 0 Å². The van der Waals surface area contributed by atoms with Gasteiger partial charge >= 0.3 is 127 Å². The van der Waals surface area contributed by atoms with Crippen molar-refractivity contribution in [2.75, 3.05) is 12.3 Å². The Morgan fingerprint density at radius 3 is 2.73 bits per heavy atom. The van der Waals surface area contributed by atoms with Crippen molar-refractivity contribution in [2.24, 2.45) is 0 Å². The van der Waals surface area contributed by atoms with Crippen molar-refractivity contribution in [1.82, 2.24) is 19.5 Å². The van der Waals surface area contributed by atoms with E-state index in [0.717, 1.165) is 17.2 Å². The van der Waals surface area contributed by atoms with Gasteiger partial charge in [-0.1, -0.05) is 0 Å². The molecule has 6 N–H and O–H groups in total. The van der Waals surface area contributed by atoms with Crippen LogP contribution < -0.4 is 5.73 Å². The molecule has 2 aromatic rings. The summed E-state index contributed by atoms with van der Waals surface area (Å²) in [5.74, 6) is 0.0473. The topological polar surface area (TPSA) is 177 Å². The van der Waals surface area contributed by atoms with E-state index in [1.807, 2.05) is 0 Å². The zero-order valence-electron chi connectivity index (χ0n) is 11.0. The second-order valence-corrected chi connectivity index (χ2v) is 6.97. The first-order valence-electron chi connectivity index (χ1n) is 6.13. The summed E-state index contributed by atoms with van der Waals surface area (Å²) in [5.41, 5.74) is 5.88. The Labute approximate surface area is 127 Å². The van der Waals surface area contributed by atoms with Crippen LogP contribution in [0.2, 0.25) is 0 Å². The van der Waals surface area contributed by atoms with Gasteiger partial charge in [-0.2, -0.15) is 0 Å². The first-order valence-corrected chi connectivity index (χ1v) is 8.45. The molecule has 12 heteroatoms. The molecule has 0 amide bonds. The number of nitrogens with two attached hydrogens (primary N) is 1. The third-order valence-corrected chi connectivity index (χ3v) is 5.70. The summed E-state index contributed by atoms with van der Waals surface area (Å²) in [7, 11) is 0. The van der Waals surface area contributed by atoms with E-state index in [4.69, 9.17) is 10.5 Å². The molecule has 1 aliphatic rings. The molecule has 0 saturated carbocycles. The van der Waals surface area contributed by atoms with Crippen LogP contribution in [-0.2, 0) is 13.2 Å². The van der Waals surface area contributed by atoms with Gasteiger partial charge in [0.15, 0.2) is 0 Å². The fourth-order valence-corrected chi connectivity index (χ4v) is 4.22. The van der Waals surface area contributed by atoms with Crippen LogP contribution in [0.4, 0.5) is 5.82 Å². The van der Waals surface area contributed by atoms with Gasteiger partial charge in [-0.25, -0.2) is 0 Å². The first kappa shape index (κ1) is 15.4. The number of fused-ring (bicyclic) bond motifs is 1. The molecule has 1 unspecified atom stereocenters. The van der Waals surface area contributed by atoms with Crippen LogP contribution in [0.5, 0.6) is 0 Å². The molecule has 3 rings (SSSR count).